The molecular formula is C11H12BrClO. The fourth-order valence-electron chi connectivity index (χ4n) is 1.35. The van der Waals surface area contributed by atoms with Crippen molar-refractivity contribution in [3.63, 3.8) is 0 Å². The molecule has 0 aliphatic carbocycles. The van der Waals surface area contributed by atoms with Crippen LogP contribution in [0, 0.1) is 13.8 Å². The van der Waals surface area contributed by atoms with Crippen molar-refractivity contribution in [2.45, 2.75) is 20.3 Å². The van der Waals surface area contributed by atoms with Crippen LogP contribution in [0.25, 0.3) is 0 Å². The Morgan fingerprint density at radius 3 is 2.57 bits per heavy atom. The molecule has 0 heterocycles. The van der Waals surface area contributed by atoms with Crippen LogP contribution in [0.15, 0.2) is 16.6 Å². The fourth-order valence-corrected chi connectivity index (χ4v) is 1.86. The van der Waals surface area contributed by atoms with E-state index < -0.39 is 0 Å². The molecule has 0 fully saturated rings. The predicted octanol–water partition coefficient (Wildman–Crippen LogP) is 3.88. The van der Waals surface area contributed by atoms with E-state index in [2.05, 4.69) is 15.9 Å². The van der Waals surface area contributed by atoms with E-state index in [9.17, 15) is 4.79 Å². The van der Waals surface area contributed by atoms with Crippen molar-refractivity contribution in [3.05, 3.63) is 33.3 Å². The smallest absolute Gasteiger partial charge is 0.164 e. The summed E-state index contributed by atoms with van der Waals surface area (Å²) in [6.45, 7) is 3.95. The van der Waals surface area contributed by atoms with E-state index in [1.807, 2.05) is 26.0 Å². The first kappa shape index (κ1) is 11.7. The van der Waals surface area contributed by atoms with Gasteiger partial charge in [0.15, 0.2) is 5.78 Å². The molecule has 1 aromatic carbocycles. The van der Waals surface area contributed by atoms with Crippen LogP contribution < -0.4 is 0 Å². The highest BCUT2D eigenvalue weighted by Gasteiger charge is 2.10. The second kappa shape index (κ2) is 4.94. The molecule has 3 heteroatoms. The van der Waals surface area contributed by atoms with E-state index in [4.69, 9.17) is 11.6 Å². The summed E-state index contributed by atoms with van der Waals surface area (Å²) in [6.07, 6.45) is 0.401. The SMILES string of the molecule is Cc1cc(C)c(C(=O)CCCl)cc1Br. The van der Waals surface area contributed by atoms with Crippen LogP contribution in [-0.2, 0) is 0 Å². The third-order valence-corrected chi connectivity index (χ3v) is 3.17. The number of ketones is 1. The lowest BCUT2D eigenvalue weighted by atomic mass is 10.0. The Balaban J connectivity index is 3.09. The molecule has 0 N–H and O–H groups in total. The van der Waals surface area contributed by atoms with Crippen molar-refractivity contribution in [2.24, 2.45) is 0 Å². The van der Waals surface area contributed by atoms with Gasteiger partial charge < -0.3 is 0 Å². The second-order valence-electron chi connectivity index (χ2n) is 3.28. The number of hydrogen-bond acceptors (Lipinski definition) is 1. The Morgan fingerprint density at radius 1 is 1.36 bits per heavy atom. The maximum absolute atomic E-state index is 11.6. The van der Waals surface area contributed by atoms with Crippen LogP contribution in [0.1, 0.15) is 27.9 Å². The number of carbonyl (C=O) groups is 1. The molecule has 0 amide bonds. The quantitative estimate of drug-likeness (QED) is 0.604. The zero-order valence-electron chi connectivity index (χ0n) is 8.23. The normalized spacial score (nSPS) is 10.3. The molecule has 0 unspecified atom stereocenters. The first-order valence-electron chi connectivity index (χ1n) is 4.42. The van der Waals surface area contributed by atoms with Gasteiger partial charge in [-0.05, 0) is 31.0 Å². The molecule has 0 aliphatic heterocycles. The molecule has 0 saturated carbocycles. The average molecular weight is 276 g/mol. The van der Waals surface area contributed by atoms with Crippen LogP contribution in [-0.4, -0.2) is 11.7 Å². The monoisotopic (exact) mass is 274 g/mol. The Bertz CT molecular complexity index is 361. The van der Waals surface area contributed by atoms with Crippen molar-refractivity contribution >= 4 is 33.3 Å². The van der Waals surface area contributed by atoms with Gasteiger partial charge in [-0.3, -0.25) is 4.79 Å². The maximum Gasteiger partial charge on any atom is 0.164 e. The summed E-state index contributed by atoms with van der Waals surface area (Å²) < 4.78 is 0.973. The van der Waals surface area contributed by atoms with E-state index in [1.54, 1.807) is 0 Å². The van der Waals surface area contributed by atoms with E-state index in [0.29, 0.717) is 12.3 Å². The minimum atomic E-state index is 0.109. The molecule has 0 atom stereocenters. The van der Waals surface area contributed by atoms with Crippen LogP contribution in [0.5, 0.6) is 0 Å². The molecule has 0 bridgehead atoms. The zero-order chi connectivity index (χ0) is 10.7. The summed E-state index contributed by atoms with van der Waals surface area (Å²) in [6, 6.07) is 3.88. The number of Topliss-reactive ketones (excluding diaryl/α,β-unsaturated/α-hetero) is 1. The molecule has 14 heavy (non-hydrogen) atoms. The number of aryl methyl sites for hydroxylation is 2. The van der Waals surface area contributed by atoms with E-state index in [0.717, 1.165) is 21.2 Å². The van der Waals surface area contributed by atoms with Gasteiger partial charge in [-0.2, -0.15) is 0 Å². The van der Waals surface area contributed by atoms with Crippen molar-refractivity contribution in [1.82, 2.24) is 0 Å². The summed E-state index contributed by atoms with van der Waals surface area (Å²) in [4.78, 5) is 11.6. The van der Waals surface area contributed by atoms with Gasteiger partial charge in [-0.25, -0.2) is 0 Å². The van der Waals surface area contributed by atoms with Crippen molar-refractivity contribution in [1.29, 1.82) is 0 Å². The first-order chi connectivity index (χ1) is 6.56. The fraction of sp³-hybridized carbons (Fsp3) is 0.364. The number of halogens is 2. The van der Waals surface area contributed by atoms with Gasteiger partial charge >= 0.3 is 0 Å². The highest BCUT2D eigenvalue weighted by molar-refractivity contribution is 9.10. The van der Waals surface area contributed by atoms with Crippen LogP contribution in [0.3, 0.4) is 0 Å². The zero-order valence-corrected chi connectivity index (χ0v) is 10.6. The lowest BCUT2D eigenvalue weighted by molar-refractivity contribution is 0.0988. The summed E-state index contributed by atoms with van der Waals surface area (Å²) >= 11 is 8.95. The second-order valence-corrected chi connectivity index (χ2v) is 4.51. The first-order valence-corrected chi connectivity index (χ1v) is 5.75. The molecule has 0 aromatic heterocycles. The Hall–Kier alpha value is -0.340. The highest BCUT2D eigenvalue weighted by atomic mass is 79.9. The average Bonchev–Trinajstić information content (AvgIpc) is 2.11. The van der Waals surface area contributed by atoms with Gasteiger partial charge in [-0.15, -0.1) is 11.6 Å². The summed E-state index contributed by atoms with van der Waals surface area (Å²) in [5.74, 6) is 0.488. The number of rotatable bonds is 3. The number of alkyl halides is 1. The molecule has 1 nitrogen and oxygen atoms in total. The topological polar surface area (TPSA) is 17.1 Å². The van der Waals surface area contributed by atoms with E-state index in [1.165, 1.54) is 0 Å². The highest BCUT2D eigenvalue weighted by Crippen LogP contribution is 2.22. The lowest BCUT2D eigenvalue weighted by Crippen LogP contribution is -2.03. The van der Waals surface area contributed by atoms with E-state index >= 15 is 0 Å². The molecule has 0 aliphatic rings. The summed E-state index contributed by atoms with van der Waals surface area (Å²) in [7, 11) is 0. The van der Waals surface area contributed by atoms with Gasteiger partial charge in [0.2, 0.25) is 0 Å². The molecule has 0 spiro atoms. The van der Waals surface area contributed by atoms with Gasteiger partial charge in [0.25, 0.3) is 0 Å². The maximum atomic E-state index is 11.6. The Morgan fingerprint density at radius 2 is 2.00 bits per heavy atom. The lowest BCUT2D eigenvalue weighted by Gasteiger charge is -2.06. The van der Waals surface area contributed by atoms with Crippen molar-refractivity contribution < 1.29 is 4.79 Å². The van der Waals surface area contributed by atoms with Gasteiger partial charge in [0, 0.05) is 22.3 Å². The minimum absolute atomic E-state index is 0.109. The molecular weight excluding hydrogens is 263 g/mol. The van der Waals surface area contributed by atoms with Gasteiger partial charge in [0.1, 0.15) is 0 Å². The van der Waals surface area contributed by atoms with Gasteiger partial charge in [-0.1, -0.05) is 22.0 Å². The van der Waals surface area contributed by atoms with Gasteiger partial charge in [0.05, 0.1) is 0 Å². The number of benzene rings is 1. The van der Waals surface area contributed by atoms with Crippen molar-refractivity contribution in [2.75, 3.05) is 5.88 Å². The standard InChI is InChI=1S/C11H12BrClO/c1-7-5-8(2)10(12)6-9(7)11(14)3-4-13/h5-6H,3-4H2,1-2H3. The van der Waals surface area contributed by atoms with Crippen LogP contribution in [0.2, 0.25) is 0 Å². The van der Waals surface area contributed by atoms with Crippen LogP contribution in [0.4, 0.5) is 0 Å². The predicted molar refractivity (Wildman–Crippen MR) is 63.3 cm³/mol. The Kier molecular flexibility index (Phi) is 4.14. The molecule has 76 valence electrons. The Labute approximate surface area is 97.6 Å². The molecule has 0 radical (unpaired) electrons. The number of hydrogen-bond donors (Lipinski definition) is 0. The molecule has 1 aromatic rings. The summed E-state index contributed by atoms with van der Waals surface area (Å²) in [5, 5.41) is 0. The van der Waals surface area contributed by atoms with Crippen molar-refractivity contribution in [3.8, 4) is 0 Å². The minimum Gasteiger partial charge on any atom is -0.294 e. The van der Waals surface area contributed by atoms with E-state index in [-0.39, 0.29) is 5.78 Å². The van der Waals surface area contributed by atoms with Crippen LogP contribution >= 0.6 is 27.5 Å². The molecule has 1 rings (SSSR count). The number of carbonyl (C=O) groups excluding carboxylic acids is 1. The third kappa shape index (κ3) is 2.58. The largest absolute Gasteiger partial charge is 0.294 e. The summed E-state index contributed by atoms with van der Waals surface area (Å²) in [5.41, 5.74) is 2.92. The third-order valence-electron chi connectivity index (χ3n) is 2.13. The molecule has 0 saturated heterocycles.